The van der Waals surface area contributed by atoms with Crippen LogP contribution in [0, 0.1) is 0 Å². The number of ether oxygens (including phenoxy) is 2. The quantitative estimate of drug-likeness (QED) is 0.677. The van der Waals surface area contributed by atoms with Gasteiger partial charge in [0.05, 0.1) is 18.1 Å². The first-order chi connectivity index (χ1) is 14.2. The van der Waals surface area contributed by atoms with E-state index in [1.165, 1.54) is 19.1 Å². The molecule has 0 atom stereocenters. The summed E-state index contributed by atoms with van der Waals surface area (Å²) < 4.78 is 16.6. The lowest BCUT2D eigenvalue weighted by atomic mass is 10.1. The molecule has 0 radical (unpaired) electrons. The van der Waals surface area contributed by atoms with Crippen molar-refractivity contribution in [1.29, 1.82) is 0 Å². The summed E-state index contributed by atoms with van der Waals surface area (Å²) >= 11 is 0. The number of nitrogens with zero attached hydrogens (tertiary/aromatic N) is 1. The third-order valence-electron chi connectivity index (χ3n) is 5.36. The predicted molar refractivity (Wildman–Crippen MR) is 111 cm³/mol. The lowest BCUT2D eigenvalue weighted by Gasteiger charge is -2.20. The van der Waals surface area contributed by atoms with Crippen molar-refractivity contribution in [2.24, 2.45) is 0 Å². The molecule has 6 heteroatoms. The molecule has 1 aromatic heterocycles. The van der Waals surface area contributed by atoms with Crippen LogP contribution in [0.5, 0.6) is 23.0 Å². The first-order valence-electron chi connectivity index (χ1n) is 9.96. The molecule has 29 heavy (non-hydrogen) atoms. The van der Waals surface area contributed by atoms with Crippen LogP contribution in [0.2, 0.25) is 0 Å². The van der Waals surface area contributed by atoms with E-state index < -0.39 is 0 Å². The number of methoxy groups -OCH3 is 1. The normalized spacial score (nSPS) is 15.2. The van der Waals surface area contributed by atoms with Gasteiger partial charge in [-0.25, -0.2) is 0 Å². The summed E-state index contributed by atoms with van der Waals surface area (Å²) in [5.41, 5.74) is 0.804. The van der Waals surface area contributed by atoms with Crippen LogP contribution in [-0.2, 0) is 6.54 Å². The molecule has 152 valence electrons. The summed E-state index contributed by atoms with van der Waals surface area (Å²) in [4.78, 5) is 15.3. The van der Waals surface area contributed by atoms with E-state index in [0.717, 1.165) is 25.9 Å². The highest BCUT2D eigenvalue weighted by Gasteiger charge is 2.18. The minimum absolute atomic E-state index is 0.106. The van der Waals surface area contributed by atoms with Crippen LogP contribution in [0.15, 0.2) is 51.9 Å². The molecule has 0 bridgehead atoms. The molecule has 1 aliphatic heterocycles. The maximum Gasteiger partial charge on any atom is 0.235 e. The van der Waals surface area contributed by atoms with E-state index in [4.69, 9.17) is 13.9 Å². The van der Waals surface area contributed by atoms with Gasteiger partial charge in [0.15, 0.2) is 0 Å². The fraction of sp³-hybridized carbons (Fsp3) is 0.348. The van der Waals surface area contributed by atoms with Crippen LogP contribution >= 0.6 is 0 Å². The van der Waals surface area contributed by atoms with Crippen LogP contribution in [0.25, 0.3) is 11.0 Å². The summed E-state index contributed by atoms with van der Waals surface area (Å²) in [6.07, 6.45) is 6.09. The third-order valence-corrected chi connectivity index (χ3v) is 5.36. The van der Waals surface area contributed by atoms with Crippen molar-refractivity contribution in [2.45, 2.75) is 32.2 Å². The van der Waals surface area contributed by atoms with Gasteiger partial charge in [0.2, 0.25) is 11.2 Å². The SMILES string of the molecule is COc1ccc(Oc2coc3c(CN4CCCCCC4)c(O)ccc3c2=O)cc1. The molecule has 4 rings (SSSR count). The van der Waals surface area contributed by atoms with Gasteiger partial charge in [-0.2, -0.15) is 0 Å². The second-order valence-corrected chi connectivity index (χ2v) is 7.34. The molecule has 0 spiro atoms. The second-order valence-electron chi connectivity index (χ2n) is 7.34. The summed E-state index contributed by atoms with van der Waals surface area (Å²) in [5.74, 6) is 1.47. The third kappa shape index (κ3) is 4.22. The molecule has 0 aliphatic carbocycles. The van der Waals surface area contributed by atoms with Crippen molar-refractivity contribution in [3.05, 3.63) is 58.4 Å². The van der Waals surface area contributed by atoms with Crippen molar-refractivity contribution in [3.63, 3.8) is 0 Å². The molecule has 6 nitrogen and oxygen atoms in total. The maximum atomic E-state index is 13.0. The lowest BCUT2D eigenvalue weighted by molar-refractivity contribution is 0.272. The van der Waals surface area contributed by atoms with Crippen molar-refractivity contribution >= 4 is 11.0 Å². The number of fused-ring (bicyclic) bond motifs is 1. The van der Waals surface area contributed by atoms with E-state index in [2.05, 4.69) is 4.90 Å². The number of hydrogen-bond acceptors (Lipinski definition) is 6. The Kier molecular flexibility index (Phi) is 5.71. The van der Waals surface area contributed by atoms with E-state index in [1.807, 2.05) is 0 Å². The minimum Gasteiger partial charge on any atom is -0.507 e. The second kappa shape index (κ2) is 8.57. The molecule has 2 aromatic carbocycles. The minimum atomic E-state index is -0.265. The number of phenolic OH excluding ortho intramolecular Hbond substituents is 1. The largest absolute Gasteiger partial charge is 0.507 e. The Labute approximate surface area is 169 Å². The number of rotatable bonds is 5. The van der Waals surface area contributed by atoms with Gasteiger partial charge in [-0.15, -0.1) is 0 Å². The van der Waals surface area contributed by atoms with Crippen LogP contribution in [0.4, 0.5) is 0 Å². The van der Waals surface area contributed by atoms with E-state index in [-0.39, 0.29) is 16.9 Å². The molecule has 1 aliphatic rings. The fourth-order valence-electron chi connectivity index (χ4n) is 3.74. The molecule has 1 saturated heterocycles. The number of benzene rings is 2. The van der Waals surface area contributed by atoms with Gasteiger partial charge < -0.3 is 19.0 Å². The average Bonchev–Trinajstić information content (AvgIpc) is 3.01. The van der Waals surface area contributed by atoms with Crippen LogP contribution in [0.3, 0.4) is 0 Å². The summed E-state index contributed by atoms with van der Waals surface area (Å²) in [6, 6.07) is 10.1. The van der Waals surface area contributed by atoms with Crippen LogP contribution < -0.4 is 14.9 Å². The number of aromatic hydroxyl groups is 1. The summed E-state index contributed by atoms with van der Waals surface area (Å²) in [6.45, 7) is 2.53. The van der Waals surface area contributed by atoms with Crippen LogP contribution in [0.1, 0.15) is 31.2 Å². The molecular weight excluding hydrogens is 370 g/mol. The Balaban J connectivity index is 1.65. The monoisotopic (exact) mass is 395 g/mol. The van der Waals surface area contributed by atoms with Gasteiger partial charge in [-0.3, -0.25) is 9.69 Å². The predicted octanol–water partition coefficient (Wildman–Crippen LogP) is 4.68. The van der Waals surface area contributed by atoms with E-state index in [9.17, 15) is 9.90 Å². The molecule has 1 fully saturated rings. The summed E-state index contributed by atoms with van der Waals surface area (Å²) in [5, 5.41) is 10.8. The van der Waals surface area contributed by atoms with Crippen LogP contribution in [-0.4, -0.2) is 30.2 Å². The first kappa shape index (κ1) is 19.3. The maximum absolute atomic E-state index is 13.0. The van der Waals surface area contributed by atoms with Gasteiger partial charge >= 0.3 is 0 Å². The molecule has 0 unspecified atom stereocenters. The topological polar surface area (TPSA) is 72.1 Å². The molecule has 2 heterocycles. The highest BCUT2D eigenvalue weighted by molar-refractivity contribution is 5.83. The fourth-order valence-corrected chi connectivity index (χ4v) is 3.74. The number of phenols is 1. The zero-order valence-electron chi connectivity index (χ0n) is 16.5. The lowest BCUT2D eigenvalue weighted by Crippen LogP contribution is -2.24. The Morgan fingerprint density at radius 2 is 1.69 bits per heavy atom. The van der Waals surface area contributed by atoms with Gasteiger partial charge in [-0.05, 0) is 62.3 Å². The number of likely N-dealkylation sites (tertiary alicyclic amines) is 1. The molecule has 0 saturated carbocycles. The van der Waals surface area contributed by atoms with Gasteiger partial charge in [0.1, 0.15) is 29.1 Å². The van der Waals surface area contributed by atoms with Crippen molar-refractivity contribution in [3.8, 4) is 23.0 Å². The van der Waals surface area contributed by atoms with E-state index in [0.29, 0.717) is 34.6 Å². The molecule has 0 amide bonds. The Hall–Kier alpha value is -2.99. The number of hydrogen-bond donors (Lipinski definition) is 1. The standard InChI is InChI=1S/C23H25NO5/c1-27-16-6-8-17(9-7-16)29-21-15-28-23-18(22(21)26)10-11-20(25)19(23)14-24-12-4-2-3-5-13-24/h6-11,15,25H,2-5,12-14H2,1H3. The molecular formula is C23H25NO5. The van der Waals surface area contributed by atoms with Gasteiger partial charge in [0, 0.05) is 6.54 Å². The Bertz CT molecular complexity index is 1030. The zero-order valence-corrected chi connectivity index (χ0v) is 16.5. The smallest absolute Gasteiger partial charge is 0.235 e. The highest BCUT2D eigenvalue weighted by Crippen LogP contribution is 2.30. The Morgan fingerprint density at radius 3 is 2.38 bits per heavy atom. The molecule has 3 aromatic rings. The first-order valence-corrected chi connectivity index (χ1v) is 9.96. The van der Waals surface area contributed by atoms with Crippen molar-refractivity contribution in [1.82, 2.24) is 4.90 Å². The van der Waals surface area contributed by atoms with Gasteiger partial charge in [-0.1, -0.05) is 12.8 Å². The van der Waals surface area contributed by atoms with Gasteiger partial charge in [0.25, 0.3) is 0 Å². The molecule has 1 N–H and O–H groups in total. The highest BCUT2D eigenvalue weighted by atomic mass is 16.5. The van der Waals surface area contributed by atoms with E-state index in [1.54, 1.807) is 43.5 Å². The van der Waals surface area contributed by atoms with Crippen molar-refractivity contribution in [2.75, 3.05) is 20.2 Å². The average molecular weight is 395 g/mol. The van der Waals surface area contributed by atoms with E-state index >= 15 is 0 Å². The zero-order chi connectivity index (χ0) is 20.2. The summed E-state index contributed by atoms with van der Waals surface area (Å²) in [7, 11) is 1.59. The van der Waals surface area contributed by atoms with Crippen molar-refractivity contribution < 1.29 is 19.0 Å². The Morgan fingerprint density at radius 1 is 1.00 bits per heavy atom.